The van der Waals surface area contributed by atoms with Gasteiger partial charge >= 0.3 is 10.1 Å². The van der Waals surface area contributed by atoms with Crippen LogP contribution in [0, 0.1) is 6.92 Å². The van der Waals surface area contributed by atoms with Gasteiger partial charge in [0.25, 0.3) is 10.1 Å². The molecule has 0 unspecified atom stereocenters. The van der Waals surface area contributed by atoms with Crippen molar-refractivity contribution in [1.82, 2.24) is 9.78 Å². The van der Waals surface area contributed by atoms with Crippen LogP contribution in [0.3, 0.4) is 0 Å². The third-order valence-electron chi connectivity index (χ3n) is 4.93. The fourth-order valence-electron chi connectivity index (χ4n) is 3.13. The Morgan fingerprint density at radius 2 is 1.57 bits per heavy atom. The van der Waals surface area contributed by atoms with E-state index in [0.29, 0.717) is 11.4 Å². The summed E-state index contributed by atoms with van der Waals surface area (Å²) in [6.45, 7) is 1.60. The molecule has 1 heterocycles. The molecule has 192 valence electrons. The molecule has 4 aromatic rings. The molecule has 3 N–H and O–H groups in total. The summed E-state index contributed by atoms with van der Waals surface area (Å²) >= 11 is 12.2. The minimum absolute atomic E-state index is 0.00174. The van der Waals surface area contributed by atoms with Crippen LogP contribution in [0.5, 0.6) is 5.75 Å². The Kier molecular flexibility index (Phi) is 7.26. The summed E-state index contributed by atoms with van der Waals surface area (Å²) in [4.78, 5) is -0.514. The number of hydrogen-bond donors (Lipinski definition) is 2. The van der Waals surface area contributed by atoms with E-state index in [2.05, 4.69) is 15.3 Å². The molecule has 11 nitrogen and oxygen atoms in total. The Hall–Kier alpha value is -3.49. The molecule has 0 atom stereocenters. The molecule has 0 aliphatic rings. The van der Waals surface area contributed by atoms with E-state index in [9.17, 15) is 21.4 Å². The standard InChI is InChI=1S/C22H17Cl2N5O6S2/c1-13-21(22(25)29(28-13)19-12-16(36(30,31)32)10-11-17(19)23)27-26-14-6-8-15(9-7-14)37(33,34)35-20-5-3-2-4-18(20)24/h2-12H,25H2,1H3,(H,30,31,32). The van der Waals surface area contributed by atoms with E-state index >= 15 is 0 Å². The molecule has 0 radical (unpaired) electrons. The number of nitrogens with zero attached hydrogens (tertiary/aromatic N) is 4. The number of benzene rings is 3. The molecule has 0 aliphatic carbocycles. The van der Waals surface area contributed by atoms with Crippen LogP contribution in [0.25, 0.3) is 5.69 Å². The molecule has 0 spiro atoms. The van der Waals surface area contributed by atoms with Crippen molar-refractivity contribution in [2.24, 2.45) is 10.2 Å². The Morgan fingerprint density at radius 1 is 0.919 bits per heavy atom. The molecule has 0 saturated carbocycles. The number of para-hydroxylation sites is 1. The highest BCUT2D eigenvalue weighted by Crippen LogP contribution is 2.34. The topological polar surface area (TPSA) is 166 Å². The first-order chi connectivity index (χ1) is 17.4. The van der Waals surface area contributed by atoms with Crippen LogP contribution < -0.4 is 9.92 Å². The summed E-state index contributed by atoms with van der Waals surface area (Å²) in [5.74, 6) is 0.00102. The lowest BCUT2D eigenvalue weighted by Crippen LogP contribution is -2.09. The Labute approximate surface area is 222 Å². The van der Waals surface area contributed by atoms with E-state index < -0.39 is 25.1 Å². The number of nitrogens with two attached hydrogens (primary N) is 1. The number of anilines is 1. The highest BCUT2D eigenvalue weighted by atomic mass is 35.5. The molecule has 0 saturated heterocycles. The van der Waals surface area contributed by atoms with Gasteiger partial charge in [-0.1, -0.05) is 35.3 Å². The van der Waals surface area contributed by atoms with Gasteiger partial charge in [0.2, 0.25) is 0 Å². The molecule has 4 rings (SSSR count). The first kappa shape index (κ1) is 26.6. The van der Waals surface area contributed by atoms with Gasteiger partial charge in [-0.05, 0) is 61.5 Å². The Morgan fingerprint density at radius 3 is 2.22 bits per heavy atom. The number of rotatable bonds is 7. The van der Waals surface area contributed by atoms with Gasteiger partial charge in [-0.3, -0.25) is 4.55 Å². The summed E-state index contributed by atoms with van der Waals surface area (Å²) in [7, 11) is -8.63. The zero-order valence-corrected chi connectivity index (χ0v) is 21.9. The SMILES string of the molecule is Cc1nn(-c2cc(S(=O)(=O)O)ccc2Cl)c(N)c1N=Nc1ccc(S(=O)(=O)Oc2ccccc2Cl)cc1. The number of aromatic nitrogens is 2. The third kappa shape index (κ3) is 5.76. The summed E-state index contributed by atoms with van der Waals surface area (Å²) in [6.07, 6.45) is 0. The minimum Gasteiger partial charge on any atom is -0.382 e. The summed E-state index contributed by atoms with van der Waals surface area (Å²) in [5, 5.41) is 12.7. The molecular weight excluding hydrogens is 565 g/mol. The zero-order chi connectivity index (χ0) is 27.0. The second-order valence-corrected chi connectivity index (χ2v) is 11.3. The van der Waals surface area contributed by atoms with E-state index in [1.165, 1.54) is 47.1 Å². The smallest absolute Gasteiger partial charge is 0.339 e. The molecule has 15 heteroatoms. The average molecular weight is 582 g/mol. The van der Waals surface area contributed by atoms with Gasteiger partial charge in [0.05, 0.1) is 32.0 Å². The van der Waals surface area contributed by atoms with Crippen molar-refractivity contribution in [2.45, 2.75) is 16.7 Å². The van der Waals surface area contributed by atoms with Crippen LogP contribution in [0.2, 0.25) is 10.0 Å². The predicted octanol–water partition coefficient (Wildman–Crippen LogP) is 5.50. The van der Waals surface area contributed by atoms with Gasteiger partial charge in [-0.15, -0.1) is 5.11 Å². The molecule has 37 heavy (non-hydrogen) atoms. The van der Waals surface area contributed by atoms with Gasteiger partial charge in [-0.2, -0.15) is 27.0 Å². The van der Waals surface area contributed by atoms with Crippen LogP contribution >= 0.6 is 23.2 Å². The maximum Gasteiger partial charge on any atom is 0.339 e. The average Bonchev–Trinajstić information content (AvgIpc) is 3.12. The highest BCUT2D eigenvalue weighted by Gasteiger charge is 2.20. The number of nitrogen functional groups attached to an aromatic ring is 1. The van der Waals surface area contributed by atoms with E-state index in [-0.39, 0.29) is 37.9 Å². The largest absolute Gasteiger partial charge is 0.382 e. The Bertz CT molecular complexity index is 1740. The van der Waals surface area contributed by atoms with Gasteiger partial charge < -0.3 is 9.92 Å². The van der Waals surface area contributed by atoms with Gasteiger partial charge in [0.15, 0.2) is 17.3 Å². The van der Waals surface area contributed by atoms with Crippen molar-refractivity contribution >= 4 is 60.6 Å². The van der Waals surface area contributed by atoms with Crippen LogP contribution in [-0.2, 0) is 20.2 Å². The van der Waals surface area contributed by atoms with Crippen LogP contribution in [0.1, 0.15) is 5.69 Å². The third-order valence-corrected chi connectivity index (χ3v) is 7.66. The van der Waals surface area contributed by atoms with Gasteiger partial charge in [0.1, 0.15) is 4.90 Å². The van der Waals surface area contributed by atoms with E-state index in [0.717, 1.165) is 12.1 Å². The first-order valence-corrected chi connectivity index (χ1v) is 13.8. The van der Waals surface area contributed by atoms with Crippen molar-refractivity contribution < 1.29 is 25.6 Å². The van der Waals surface area contributed by atoms with Gasteiger partial charge in [-0.25, -0.2) is 4.68 Å². The van der Waals surface area contributed by atoms with Crippen LogP contribution in [0.4, 0.5) is 17.2 Å². The highest BCUT2D eigenvalue weighted by molar-refractivity contribution is 7.87. The van der Waals surface area contributed by atoms with Crippen molar-refractivity contribution in [1.29, 1.82) is 0 Å². The maximum absolute atomic E-state index is 12.6. The summed E-state index contributed by atoms with van der Waals surface area (Å²) in [6, 6.07) is 15.1. The minimum atomic E-state index is -4.49. The first-order valence-electron chi connectivity index (χ1n) is 10.2. The molecule has 0 aliphatic heterocycles. The van der Waals surface area contributed by atoms with Crippen molar-refractivity contribution in [3.63, 3.8) is 0 Å². The molecular formula is C22H17Cl2N5O6S2. The van der Waals surface area contributed by atoms with Crippen molar-refractivity contribution in [3.8, 4) is 11.4 Å². The van der Waals surface area contributed by atoms with Crippen LogP contribution in [0.15, 0.2) is 86.7 Å². The fourth-order valence-corrected chi connectivity index (χ4v) is 4.99. The van der Waals surface area contributed by atoms with E-state index in [4.69, 9.17) is 33.1 Å². The number of halogens is 2. The van der Waals surface area contributed by atoms with E-state index in [1.807, 2.05) is 0 Å². The second kappa shape index (κ2) is 10.1. The molecule has 3 aromatic carbocycles. The number of hydrogen-bond acceptors (Lipinski definition) is 9. The molecule has 1 aromatic heterocycles. The van der Waals surface area contributed by atoms with Crippen LogP contribution in [-0.4, -0.2) is 31.2 Å². The Balaban J connectivity index is 1.59. The quantitative estimate of drug-likeness (QED) is 0.164. The lowest BCUT2D eigenvalue weighted by atomic mass is 10.3. The van der Waals surface area contributed by atoms with Crippen molar-refractivity contribution in [3.05, 3.63) is 82.5 Å². The fraction of sp³-hybridized carbons (Fsp3) is 0.0455. The lowest BCUT2D eigenvalue weighted by molar-refractivity contribution is 0.482. The zero-order valence-electron chi connectivity index (χ0n) is 18.8. The molecule has 0 bridgehead atoms. The van der Waals surface area contributed by atoms with Gasteiger partial charge in [0, 0.05) is 0 Å². The number of aryl methyl sites for hydroxylation is 1. The normalized spacial score (nSPS) is 12.2. The number of azo groups is 1. The second-order valence-electron chi connectivity index (χ2n) is 7.48. The lowest BCUT2D eigenvalue weighted by Gasteiger charge is -2.08. The maximum atomic E-state index is 12.6. The monoisotopic (exact) mass is 581 g/mol. The molecule has 0 amide bonds. The molecule has 0 fully saturated rings. The summed E-state index contributed by atoms with van der Waals surface area (Å²) in [5.41, 5.74) is 7.09. The van der Waals surface area contributed by atoms with Crippen molar-refractivity contribution in [2.75, 3.05) is 5.73 Å². The van der Waals surface area contributed by atoms with E-state index in [1.54, 1.807) is 19.1 Å². The summed E-state index contributed by atoms with van der Waals surface area (Å²) < 4.78 is 63.7. The predicted molar refractivity (Wildman–Crippen MR) is 137 cm³/mol.